The smallest absolute Gasteiger partial charge is 0.226 e. The molecular weight excluding hydrogens is 290 g/mol. The molecule has 0 spiro atoms. The van der Waals surface area contributed by atoms with Crippen LogP contribution >= 0.6 is 0 Å². The van der Waals surface area contributed by atoms with Crippen molar-refractivity contribution in [2.45, 2.75) is 17.8 Å². The van der Waals surface area contributed by atoms with Gasteiger partial charge in [-0.3, -0.25) is 4.68 Å². The van der Waals surface area contributed by atoms with Gasteiger partial charge in [-0.2, -0.15) is 5.10 Å². The van der Waals surface area contributed by atoms with E-state index in [0.717, 1.165) is 5.69 Å². The summed E-state index contributed by atoms with van der Waals surface area (Å²) in [4.78, 5) is 6.94. The number of nitrogens with two attached hydrogens (primary N) is 1. The maximum Gasteiger partial charge on any atom is 0.226 e. The Balaban J connectivity index is 2.01. The third kappa shape index (κ3) is 2.49. The number of benzene rings is 1. The van der Waals surface area contributed by atoms with Gasteiger partial charge in [-0.15, -0.1) is 0 Å². The summed E-state index contributed by atoms with van der Waals surface area (Å²) < 4.78 is 26.5. The van der Waals surface area contributed by atoms with Gasteiger partial charge in [0, 0.05) is 12.7 Å². The summed E-state index contributed by atoms with van der Waals surface area (Å²) in [6.45, 7) is 1.82. The molecule has 0 atom stereocenters. The van der Waals surface area contributed by atoms with Crippen LogP contribution in [-0.4, -0.2) is 28.2 Å². The summed E-state index contributed by atoms with van der Waals surface area (Å²) in [7, 11) is -1.85. The number of nitrogens with one attached hydrogen (secondary N) is 1. The van der Waals surface area contributed by atoms with E-state index in [2.05, 4.69) is 15.1 Å². The van der Waals surface area contributed by atoms with Crippen LogP contribution in [0.1, 0.15) is 11.4 Å². The maximum atomic E-state index is 12.5. The fourth-order valence-corrected chi connectivity index (χ4v) is 3.51. The molecule has 0 saturated carbocycles. The minimum atomic E-state index is -3.57. The van der Waals surface area contributed by atoms with Gasteiger partial charge < -0.3 is 10.7 Å². The SMILES string of the molecule is Cc1cc(CS(=O)(=O)c2nc3ccc(N)cc3[nH]2)n(C)n1. The number of hydrogen-bond acceptors (Lipinski definition) is 5. The highest BCUT2D eigenvalue weighted by Crippen LogP contribution is 2.20. The van der Waals surface area contributed by atoms with Gasteiger partial charge in [-0.1, -0.05) is 0 Å². The van der Waals surface area contributed by atoms with E-state index in [-0.39, 0.29) is 10.9 Å². The van der Waals surface area contributed by atoms with Crippen molar-refractivity contribution in [1.29, 1.82) is 0 Å². The molecule has 110 valence electrons. The van der Waals surface area contributed by atoms with Crippen molar-refractivity contribution in [2.24, 2.45) is 7.05 Å². The third-order valence-electron chi connectivity index (χ3n) is 3.22. The molecule has 2 aromatic heterocycles. The summed E-state index contributed by atoms with van der Waals surface area (Å²) >= 11 is 0. The minimum absolute atomic E-state index is 0.0537. The highest BCUT2D eigenvalue weighted by atomic mass is 32.2. The molecular formula is C13H15N5O2S. The molecule has 0 bridgehead atoms. The zero-order valence-electron chi connectivity index (χ0n) is 11.7. The first kappa shape index (κ1) is 13.6. The lowest BCUT2D eigenvalue weighted by Crippen LogP contribution is -2.10. The topological polar surface area (TPSA) is 107 Å². The van der Waals surface area contributed by atoms with Crippen LogP contribution in [0, 0.1) is 6.92 Å². The highest BCUT2D eigenvalue weighted by Gasteiger charge is 2.22. The zero-order chi connectivity index (χ0) is 15.2. The molecule has 0 aliphatic carbocycles. The minimum Gasteiger partial charge on any atom is -0.399 e. The zero-order valence-corrected chi connectivity index (χ0v) is 12.5. The number of anilines is 1. The van der Waals surface area contributed by atoms with Crippen LogP contribution in [0.15, 0.2) is 29.4 Å². The first-order valence-corrected chi connectivity index (χ1v) is 7.98. The number of nitrogen functional groups attached to an aromatic ring is 1. The molecule has 0 unspecified atom stereocenters. The van der Waals surface area contributed by atoms with Gasteiger partial charge in [0.2, 0.25) is 15.0 Å². The van der Waals surface area contributed by atoms with E-state index in [1.807, 2.05) is 6.92 Å². The molecule has 7 nitrogen and oxygen atoms in total. The van der Waals surface area contributed by atoms with Gasteiger partial charge in [0.1, 0.15) is 0 Å². The predicted octanol–water partition coefficient (Wildman–Crippen LogP) is 1.16. The maximum absolute atomic E-state index is 12.5. The van der Waals surface area contributed by atoms with Crippen molar-refractivity contribution in [1.82, 2.24) is 19.7 Å². The number of nitrogens with zero attached hydrogens (tertiary/aromatic N) is 3. The van der Waals surface area contributed by atoms with Crippen molar-refractivity contribution < 1.29 is 8.42 Å². The van der Waals surface area contributed by atoms with Crippen molar-refractivity contribution >= 4 is 26.6 Å². The lowest BCUT2D eigenvalue weighted by atomic mass is 10.3. The van der Waals surface area contributed by atoms with Crippen LogP contribution in [0.4, 0.5) is 5.69 Å². The Morgan fingerprint density at radius 2 is 2.10 bits per heavy atom. The van der Waals surface area contributed by atoms with E-state index < -0.39 is 9.84 Å². The molecule has 21 heavy (non-hydrogen) atoms. The molecule has 8 heteroatoms. The third-order valence-corrected chi connectivity index (χ3v) is 4.67. The lowest BCUT2D eigenvalue weighted by molar-refractivity contribution is 0.585. The number of aromatic nitrogens is 4. The number of aromatic amines is 1. The molecule has 0 amide bonds. The first-order valence-electron chi connectivity index (χ1n) is 6.33. The first-order chi connectivity index (χ1) is 9.85. The Morgan fingerprint density at radius 1 is 1.33 bits per heavy atom. The van der Waals surface area contributed by atoms with Crippen LogP contribution in [-0.2, 0) is 22.6 Å². The number of aryl methyl sites for hydroxylation is 2. The monoisotopic (exact) mass is 305 g/mol. The molecule has 3 N–H and O–H groups in total. The Hall–Kier alpha value is -2.35. The van der Waals surface area contributed by atoms with Crippen LogP contribution < -0.4 is 5.73 Å². The summed E-state index contributed by atoms with van der Waals surface area (Å²) in [5.74, 6) is -0.153. The molecule has 0 saturated heterocycles. The number of fused-ring (bicyclic) bond motifs is 1. The van der Waals surface area contributed by atoms with Crippen LogP contribution in [0.3, 0.4) is 0 Å². The second kappa shape index (κ2) is 4.59. The van der Waals surface area contributed by atoms with Crippen molar-refractivity contribution in [2.75, 3.05) is 5.73 Å². The normalized spacial score (nSPS) is 12.1. The number of imidazole rings is 1. The molecule has 0 aliphatic heterocycles. The average Bonchev–Trinajstić information content (AvgIpc) is 2.93. The van der Waals surface area contributed by atoms with Crippen LogP contribution in [0.25, 0.3) is 11.0 Å². The largest absolute Gasteiger partial charge is 0.399 e. The molecule has 0 radical (unpaired) electrons. The Kier molecular flexibility index (Phi) is 2.98. The summed E-state index contributed by atoms with van der Waals surface area (Å²) in [6, 6.07) is 6.78. The van der Waals surface area contributed by atoms with Gasteiger partial charge in [-0.05, 0) is 31.2 Å². The highest BCUT2D eigenvalue weighted by molar-refractivity contribution is 7.90. The van der Waals surface area contributed by atoms with E-state index in [1.54, 1.807) is 36.0 Å². The summed E-state index contributed by atoms with van der Waals surface area (Å²) in [5, 5.41) is 4.09. The second-order valence-electron chi connectivity index (χ2n) is 4.98. The fraction of sp³-hybridized carbons (Fsp3) is 0.231. The van der Waals surface area contributed by atoms with E-state index in [9.17, 15) is 8.42 Å². The Labute approximate surface area is 121 Å². The molecule has 0 fully saturated rings. The van der Waals surface area contributed by atoms with Gasteiger partial charge in [0.15, 0.2) is 0 Å². The van der Waals surface area contributed by atoms with Crippen molar-refractivity contribution in [3.05, 3.63) is 35.7 Å². The molecule has 0 aliphatic rings. The molecule has 2 heterocycles. The van der Waals surface area contributed by atoms with E-state index in [4.69, 9.17) is 5.73 Å². The summed E-state index contributed by atoms with van der Waals surface area (Å²) in [5.41, 5.74) is 8.81. The van der Waals surface area contributed by atoms with E-state index in [1.165, 1.54) is 0 Å². The average molecular weight is 305 g/mol. The molecule has 3 aromatic rings. The van der Waals surface area contributed by atoms with Gasteiger partial charge in [0.05, 0.1) is 28.2 Å². The van der Waals surface area contributed by atoms with E-state index >= 15 is 0 Å². The van der Waals surface area contributed by atoms with E-state index in [0.29, 0.717) is 22.4 Å². The van der Waals surface area contributed by atoms with Crippen molar-refractivity contribution in [3.8, 4) is 0 Å². The van der Waals surface area contributed by atoms with Gasteiger partial charge in [-0.25, -0.2) is 13.4 Å². The molecule has 1 aromatic carbocycles. The summed E-state index contributed by atoms with van der Waals surface area (Å²) in [6.07, 6.45) is 0. The van der Waals surface area contributed by atoms with Crippen LogP contribution in [0.5, 0.6) is 0 Å². The Bertz CT molecular complexity index is 923. The Morgan fingerprint density at radius 3 is 2.76 bits per heavy atom. The number of rotatable bonds is 3. The quantitative estimate of drug-likeness (QED) is 0.706. The predicted molar refractivity (Wildman–Crippen MR) is 79.3 cm³/mol. The standard InChI is InChI=1S/C13H15N5O2S/c1-8-5-10(18(2)17-8)7-21(19,20)13-15-11-4-3-9(14)6-12(11)16-13/h3-6H,7,14H2,1-2H3,(H,15,16). The number of sulfone groups is 1. The number of hydrogen-bond donors (Lipinski definition) is 2. The lowest BCUT2D eigenvalue weighted by Gasteiger charge is -2.01. The van der Waals surface area contributed by atoms with Gasteiger partial charge in [0.25, 0.3) is 0 Å². The van der Waals surface area contributed by atoms with Crippen molar-refractivity contribution in [3.63, 3.8) is 0 Å². The second-order valence-corrected chi connectivity index (χ2v) is 6.88. The van der Waals surface area contributed by atoms with Gasteiger partial charge >= 0.3 is 0 Å². The number of H-pyrrole nitrogens is 1. The van der Waals surface area contributed by atoms with Crippen LogP contribution in [0.2, 0.25) is 0 Å². The fourth-order valence-electron chi connectivity index (χ4n) is 2.21. The molecule has 3 rings (SSSR count).